The van der Waals surface area contributed by atoms with Crippen LogP contribution < -0.4 is 4.74 Å². The van der Waals surface area contributed by atoms with E-state index < -0.39 is 0 Å². The van der Waals surface area contributed by atoms with Crippen LogP contribution in [0.2, 0.25) is 0 Å². The average Bonchev–Trinajstić information content (AvgIpc) is 2.91. The van der Waals surface area contributed by atoms with Crippen molar-refractivity contribution in [2.45, 2.75) is 0 Å². The van der Waals surface area contributed by atoms with Gasteiger partial charge in [0.25, 0.3) is 0 Å². The van der Waals surface area contributed by atoms with Gasteiger partial charge in [-0.25, -0.2) is 4.99 Å². The molecule has 0 saturated carbocycles. The van der Waals surface area contributed by atoms with Crippen LogP contribution in [-0.4, -0.2) is 48.9 Å². The van der Waals surface area contributed by atoms with E-state index in [9.17, 15) is 0 Å². The van der Waals surface area contributed by atoms with Crippen molar-refractivity contribution in [3.63, 3.8) is 0 Å². The lowest BCUT2D eigenvalue weighted by Gasteiger charge is -2.34. The van der Waals surface area contributed by atoms with E-state index in [1.54, 1.807) is 11.3 Å². The Labute approximate surface area is 151 Å². The van der Waals surface area contributed by atoms with Crippen LogP contribution in [0.1, 0.15) is 5.56 Å². The molecule has 3 heterocycles. The van der Waals surface area contributed by atoms with E-state index in [0.29, 0.717) is 0 Å². The summed E-state index contributed by atoms with van der Waals surface area (Å²) in [4.78, 5) is 9.83. The molecular weight excluding hydrogens is 330 g/mol. The van der Waals surface area contributed by atoms with Crippen molar-refractivity contribution in [2.75, 3.05) is 33.2 Å². The summed E-state index contributed by atoms with van der Waals surface area (Å²) in [5.41, 5.74) is 2.05. The van der Waals surface area contributed by atoms with Crippen LogP contribution in [0.4, 0.5) is 5.69 Å². The maximum atomic E-state index is 6.30. The largest absolute Gasteiger partial charge is 0.444 e. The summed E-state index contributed by atoms with van der Waals surface area (Å²) in [5.74, 6) is 1.88. The van der Waals surface area contributed by atoms with Crippen molar-refractivity contribution >= 4 is 32.9 Å². The summed E-state index contributed by atoms with van der Waals surface area (Å²) in [7, 11) is 2.18. The number of piperazine rings is 1. The molecule has 0 radical (unpaired) electrons. The summed E-state index contributed by atoms with van der Waals surface area (Å²) in [5, 5.41) is 2.18. The van der Waals surface area contributed by atoms with Crippen LogP contribution in [0.15, 0.2) is 53.5 Å². The van der Waals surface area contributed by atoms with Crippen molar-refractivity contribution in [3.8, 4) is 10.8 Å². The highest BCUT2D eigenvalue weighted by Crippen LogP contribution is 2.45. The normalized spacial score (nSPS) is 17.5. The lowest BCUT2D eigenvalue weighted by molar-refractivity contribution is 0.216. The molecule has 0 N–H and O–H groups in total. The predicted octanol–water partition coefficient (Wildman–Crippen LogP) is 4.33. The van der Waals surface area contributed by atoms with E-state index in [1.807, 2.05) is 24.3 Å². The number of aliphatic imine (C=N–C) groups is 1. The fraction of sp³-hybridized carbons (Fsp3) is 0.250. The minimum absolute atomic E-state index is 0.833. The molecule has 0 unspecified atom stereocenters. The smallest absolute Gasteiger partial charge is 0.193 e. The summed E-state index contributed by atoms with van der Waals surface area (Å²) in [6.07, 6.45) is 0. The number of hydrogen-bond acceptors (Lipinski definition) is 5. The molecule has 0 atom stereocenters. The highest BCUT2D eigenvalue weighted by atomic mass is 32.1. The second-order valence-electron chi connectivity index (χ2n) is 6.56. The first-order chi connectivity index (χ1) is 12.3. The fourth-order valence-corrected chi connectivity index (χ4v) is 4.52. The van der Waals surface area contributed by atoms with Gasteiger partial charge in [-0.2, -0.15) is 0 Å². The molecule has 2 aliphatic rings. The van der Waals surface area contributed by atoms with Crippen LogP contribution in [0.25, 0.3) is 10.1 Å². The highest BCUT2D eigenvalue weighted by Gasteiger charge is 2.28. The molecule has 1 saturated heterocycles. The molecule has 25 heavy (non-hydrogen) atoms. The molecule has 1 aromatic heterocycles. The molecule has 3 aromatic rings. The average molecular weight is 349 g/mol. The van der Waals surface area contributed by atoms with Gasteiger partial charge in [-0.1, -0.05) is 41.7 Å². The van der Waals surface area contributed by atoms with Crippen LogP contribution in [-0.2, 0) is 0 Å². The molecule has 5 heteroatoms. The lowest BCUT2D eigenvalue weighted by Crippen LogP contribution is -2.47. The minimum atomic E-state index is 0.833. The Hall–Kier alpha value is -2.37. The first kappa shape index (κ1) is 14.9. The molecule has 4 nitrogen and oxygen atoms in total. The number of rotatable bonds is 0. The Morgan fingerprint density at radius 2 is 1.72 bits per heavy atom. The van der Waals surface area contributed by atoms with E-state index in [4.69, 9.17) is 9.73 Å². The van der Waals surface area contributed by atoms with E-state index in [1.165, 1.54) is 10.1 Å². The third-order valence-electron chi connectivity index (χ3n) is 4.88. The monoisotopic (exact) mass is 349 g/mol. The number of para-hydroxylation sites is 2. The summed E-state index contributed by atoms with van der Waals surface area (Å²) >= 11 is 1.70. The van der Waals surface area contributed by atoms with Crippen LogP contribution >= 0.6 is 11.3 Å². The summed E-state index contributed by atoms with van der Waals surface area (Å²) < 4.78 is 7.54. The number of hydrogen-bond donors (Lipinski definition) is 0. The van der Waals surface area contributed by atoms with Gasteiger partial charge in [-0.15, -0.1) is 0 Å². The highest BCUT2D eigenvalue weighted by molar-refractivity contribution is 7.21. The van der Waals surface area contributed by atoms with E-state index >= 15 is 0 Å². The van der Waals surface area contributed by atoms with Crippen molar-refractivity contribution in [3.05, 3.63) is 54.1 Å². The Kier molecular flexibility index (Phi) is 3.50. The third kappa shape index (κ3) is 2.51. The SMILES string of the molecule is CN1CCN(C2=Nc3ccccc3Oc3sc4ccccc4c32)CC1. The van der Waals surface area contributed by atoms with Crippen molar-refractivity contribution in [1.82, 2.24) is 9.80 Å². The maximum absolute atomic E-state index is 6.30. The van der Waals surface area contributed by atoms with Crippen LogP contribution in [0, 0.1) is 0 Å². The first-order valence-electron chi connectivity index (χ1n) is 8.60. The molecule has 0 aliphatic carbocycles. The molecule has 0 spiro atoms. The van der Waals surface area contributed by atoms with Gasteiger partial charge in [0, 0.05) is 36.3 Å². The van der Waals surface area contributed by atoms with E-state index in [2.05, 4.69) is 41.1 Å². The van der Waals surface area contributed by atoms with Crippen molar-refractivity contribution in [1.29, 1.82) is 0 Å². The van der Waals surface area contributed by atoms with Crippen LogP contribution in [0.5, 0.6) is 10.8 Å². The van der Waals surface area contributed by atoms with Gasteiger partial charge in [-0.05, 0) is 25.2 Å². The molecular formula is C20H19N3OS. The van der Waals surface area contributed by atoms with Gasteiger partial charge >= 0.3 is 0 Å². The number of thiophene rings is 1. The number of nitrogens with zero attached hydrogens (tertiary/aromatic N) is 3. The number of benzene rings is 2. The molecule has 5 rings (SSSR count). The van der Waals surface area contributed by atoms with Gasteiger partial charge in [0.1, 0.15) is 11.5 Å². The van der Waals surface area contributed by atoms with Crippen LogP contribution in [0.3, 0.4) is 0 Å². The van der Waals surface area contributed by atoms with Gasteiger partial charge in [-0.3, -0.25) is 0 Å². The van der Waals surface area contributed by atoms with Crippen molar-refractivity contribution in [2.24, 2.45) is 4.99 Å². The number of amidine groups is 1. The second-order valence-corrected chi connectivity index (χ2v) is 7.57. The second kappa shape index (κ2) is 5.86. The third-order valence-corrected chi connectivity index (χ3v) is 5.93. The molecule has 1 fully saturated rings. The summed E-state index contributed by atoms with van der Waals surface area (Å²) in [6.45, 7) is 4.08. The van der Waals surface area contributed by atoms with E-state index in [-0.39, 0.29) is 0 Å². The number of fused-ring (bicyclic) bond motifs is 4. The van der Waals surface area contributed by atoms with Gasteiger partial charge in [0.05, 0.1) is 5.56 Å². The van der Waals surface area contributed by atoms with Gasteiger partial charge < -0.3 is 14.5 Å². The topological polar surface area (TPSA) is 28.1 Å². The number of likely N-dealkylation sites (N-methyl/N-ethyl adjacent to an activating group) is 1. The Morgan fingerprint density at radius 3 is 2.60 bits per heavy atom. The zero-order valence-electron chi connectivity index (χ0n) is 14.1. The standard InChI is InChI=1S/C20H19N3OS/c1-22-10-12-23(13-11-22)19-18-14-6-2-5-9-17(14)25-20(18)24-16-8-4-3-7-15(16)21-19/h2-9H,10-13H2,1H3. The number of ether oxygens (including phenoxy) is 1. The zero-order chi connectivity index (χ0) is 16.8. The quantitative estimate of drug-likeness (QED) is 0.605. The maximum Gasteiger partial charge on any atom is 0.193 e. The van der Waals surface area contributed by atoms with E-state index in [0.717, 1.165) is 54.1 Å². The molecule has 0 bridgehead atoms. The molecule has 0 amide bonds. The lowest BCUT2D eigenvalue weighted by atomic mass is 10.1. The Bertz CT molecular complexity index is 970. The fourth-order valence-electron chi connectivity index (χ4n) is 3.46. The van der Waals surface area contributed by atoms with Gasteiger partial charge in [0.2, 0.25) is 0 Å². The minimum Gasteiger partial charge on any atom is -0.444 e. The Morgan fingerprint density at radius 1 is 0.960 bits per heavy atom. The molecule has 126 valence electrons. The Balaban J connectivity index is 1.72. The zero-order valence-corrected chi connectivity index (χ0v) is 14.9. The van der Waals surface area contributed by atoms with Gasteiger partial charge in [0.15, 0.2) is 10.8 Å². The van der Waals surface area contributed by atoms with Crippen molar-refractivity contribution < 1.29 is 4.74 Å². The molecule has 2 aliphatic heterocycles. The summed E-state index contributed by atoms with van der Waals surface area (Å²) in [6, 6.07) is 16.6. The molecule has 2 aromatic carbocycles. The first-order valence-corrected chi connectivity index (χ1v) is 9.42. The predicted molar refractivity (Wildman–Crippen MR) is 104 cm³/mol.